The van der Waals surface area contributed by atoms with E-state index in [0.29, 0.717) is 0 Å². The molecule has 12 heteroatoms. The quantitative estimate of drug-likeness (QED) is 0.141. The highest BCUT2D eigenvalue weighted by molar-refractivity contribution is 9.10. The SMILES string of the molecule is COC(=O)c1ccc(CN2C(=O)N/C(=C\c3cc([N+](=O)[O-])ccc3OCc3ccc(Br)cc3)C2=O)o1. The molecule has 0 saturated carbocycles. The zero-order valence-electron chi connectivity index (χ0n) is 18.7. The third-order valence-electron chi connectivity index (χ3n) is 5.14. The van der Waals surface area contributed by atoms with Crippen molar-refractivity contribution in [2.24, 2.45) is 0 Å². The standard InChI is InChI=1S/C24H18BrN3O8/c1-34-23(30)21-9-7-18(36-21)12-27-22(29)19(26-24(27)31)11-15-10-17(28(32)33)6-8-20(15)35-13-14-2-4-16(25)5-3-14/h2-11H,12-13H2,1H3,(H,26,31)/b19-11-. The molecule has 0 spiro atoms. The molecule has 0 aliphatic carbocycles. The van der Waals surface area contributed by atoms with Crippen molar-refractivity contribution in [1.29, 1.82) is 0 Å². The number of imide groups is 1. The molecule has 4 rings (SSSR count). The molecule has 3 amide bonds. The van der Waals surface area contributed by atoms with Crippen molar-refractivity contribution in [2.75, 3.05) is 7.11 Å². The molecule has 1 aliphatic heterocycles. The molecule has 184 valence electrons. The summed E-state index contributed by atoms with van der Waals surface area (Å²) < 4.78 is 16.7. The van der Waals surface area contributed by atoms with Crippen LogP contribution in [0.2, 0.25) is 0 Å². The molecule has 1 saturated heterocycles. The normalized spacial score (nSPS) is 14.2. The van der Waals surface area contributed by atoms with Crippen LogP contribution in [0.3, 0.4) is 0 Å². The number of furan rings is 1. The van der Waals surface area contributed by atoms with E-state index >= 15 is 0 Å². The first-order chi connectivity index (χ1) is 17.2. The Kier molecular flexibility index (Phi) is 7.15. The number of esters is 1. The number of carbonyl (C=O) groups excluding carboxylic acids is 3. The maximum Gasteiger partial charge on any atom is 0.373 e. The summed E-state index contributed by atoms with van der Waals surface area (Å²) in [6.07, 6.45) is 1.31. The van der Waals surface area contributed by atoms with E-state index in [9.17, 15) is 24.5 Å². The Morgan fingerprint density at radius 1 is 1.17 bits per heavy atom. The van der Waals surface area contributed by atoms with E-state index in [1.807, 2.05) is 24.3 Å². The Labute approximate surface area is 212 Å². The van der Waals surface area contributed by atoms with Crippen LogP contribution in [0.4, 0.5) is 10.5 Å². The molecule has 1 N–H and O–H groups in total. The summed E-state index contributed by atoms with van der Waals surface area (Å²) in [4.78, 5) is 48.6. The smallest absolute Gasteiger partial charge is 0.373 e. The Balaban J connectivity index is 1.57. The lowest BCUT2D eigenvalue weighted by Crippen LogP contribution is -2.30. The van der Waals surface area contributed by atoms with Crippen molar-refractivity contribution in [3.8, 4) is 5.75 Å². The number of rotatable bonds is 8. The second kappa shape index (κ2) is 10.4. The van der Waals surface area contributed by atoms with E-state index in [-0.39, 0.29) is 47.4 Å². The van der Waals surface area contributed by atoms with Gasteiger partial charge in [0.15, 0.2) is 0 Å². The van der Waals surface area contributed by atoms with Gasteiger partial charge in [0, 0.05) is 22.2 Å². The lowest BCUT2D eigenvalue weighted by atomic mass is 10.1. The first-order valence-electron chi connectivity index (χ1n) is 10.4. The van der Waals surface area contributed by atoms with E-state index in [0.717, 1.165) is 14.9 Å². The fraction of sp³-hybridized carbons (Fsp3) is 0.125. The summed E-state index contributed by atoms with van der Waals surface area (Å²) in [6.45, 7) is -0.0599. The molecule has 1 fully saturated rings. The van der Waals surface area contributed by atoms with E-state index in [2.05, 4.69) is 26.0 Å². The van der Waals surface area contributed by atoms with Gasteiger partial charge in [-0.05, 0) is 42.0 Å². The predicted molar refractivity (Wildman–Crippen MR) is 129 cm³/mol. The Morgan fingerprint density at radius 2 is 1.92 bits per heavy atom. The van der Waals surface area contributed by atoms with Gasteiger partial charge in [0.2, 0.25) is 5.76 Å². The van der Waals surface area contributed by atoms with E-state index in [1.54, 1.807) is 0 Å². The van der Waals surface area contributed by atoms with Gasteiger partial charge in [-0.2, -0.15) is 0 Å². The molecule has 0 radical (unpaired) electrons. The number of nitro groups is 1. The molecule has 1 aliphatic rings. The van der Waals surface area contributed by atoms with Crippen molar-refractivity contribution >= 4 is 45.6 Å². The second-order valence-electron chi connectivity index (χ2n) is 7.53. The number of amides is 3. The van der Waals surface area contributed by atoms with E-state index in [4.69, 9.17) is 9.15 Å². The van der Waals surface area contributed by atoms with Crippen LogP contribution in [0.25, 0.3) is 6.08 Å². The molecule has 0 atom stereocenters. The lowest BCUT2D eigenvalue weighted by Gasteiger charge is -2.10. The number of benzene rings is 2. The van der Waals surface area contributed by atoms with Gasteiger partial charge >= 0.3 is 12.0 Å². The molecule has 0 unspecified atom stereocenters. The first kappa shape index (κ1) is 24.7. The van der Waals surface area contributed by atoms with Gasteiger partial charge in [-0.15, -0.1) is 0 Å². The fourth-order valence-corrected chi connectivity index (χ4v) is 3.60. The number of nitro benzene ring substituents is 1. The van der Waals surface area contributed by atoms with Gasteiger partial charge < -0.3 is 19.2 Å². The number of carbonyl (C=O) groups is 3. The molecule has 2 aromatic carbocycles. The zero-order valence-corrected chi connectivity index (χ0v) is 20.3. The maximum absolute atomic E-state index is 12.9. The molecule has 0 bridgehead atoms. The third-order valence-corrected chi connectivity index (χ3v) is 5.66. The van der Waals surface area contributed by atoms with Crippen LogP contribution < -0.4 is 10.1 Å². The zero-order chi connectivity index (χ0) is 25.8. The molecule has 11 nitrogen and oxygen atoms in total. The van der Waals surface area contributed by atoms with E-state index < -0.39 is 22.8 Å². The van der Waals surface area contributed by atoms with Gasteiger partial charge in [0.05, 0.1) is 18.6 Å². The van der Waals surface area contributed by atoms with Gasteiger partial charge in [-0.25, -0.2) is 9.59 Å². The largest absolute Gasteiger partial charge is 0.488 e. The summed E-state index contributed by atoms with van der Waals surface area (Å²) in [5.74, 6) is -0.972. The number of halogens is 1. The lowest BCUT2D eigenvalue weighted by molar-refractivity contribution is -0.384. The summed E-state index contributed by atoms with van der Waals surface area (Å²) in [7, 11) is 1.20. The van der Waals surface area contributed by atoms with Crippen LogP contribution in [0.1, 0.15) is 27.4 Å². The topological polar surface area (TPSA) is 141 Å². The van der Waals surface area contributed by atoms with Crippen LogP contribution in [-0.4, -0.2) is 34.8 Å². The van der Waals surface area contributed by atoms with Crippen molar-refractivity contribution in [1.82, 2.24) is 10.2 Å². The minimum absolute atomic E-state index is 0.0699. The fourth-order valence-electron chi connectivity index (χ4n) is 3.34. The van der Waals surface area contributed by atoms with Crippen molar-refractivity contribution in [3.05, 3.63) is 97.5 Å². The molecule has 36 heavy (non-hydrogen) atoms. The van der Waals surface area contributed by atoms with Crippen molar-refractivity contribution in [2.45, 2.75) is 13.2 Å². The number of hydrogen-bond donors (Lipinski definition) is 1. The van der Waals surface area contributed by atoms with Crippen molar-refractivity contribution in [3.63, 3.8) is 0 Å². The number of hydrogen-bond acceptors (Lipinski definition) is 8. The predicted octanol–water partition coefficient (Wildman–Crippen LogP) is 4.41. The number of nitrogens with one attached hydrogen (secondary N) is 1. The van der Waals surface area contributed by atoms with Gasteiger partial charge in [0.1, 0.15) is 23.8 Å². The van der Waals surface area contributed by atoms with Gasteiger partial charge in [-0.1, -0.05) is 28.1 Å². The van der Waals surface area contributed by atoms with Crippen LogP contribution in [-0.2, 0) is 22.7 Å². The maximum atomic E-state index is 12.9. The average Bonchev–Trinajstić information content (AvgIpc) is 3.44. The Bertz CT molecular complexity index is 1380. The molecule has 1 aromatic heterocycles. The summed E-state index contributed by atoms with van der Waals surface area (Å²) in [6, 6.07) is 13.5. The van der Waals surface area contributed by atoms with Gasteiger partial charge in [-0.3, -0.25) is 19.8 Å². The molecule has 3 aromatic rings. The van der Waals surface area contributed by atoms with Crippen LogP contribution in [0.5, 0.6) is 5.75 Å². The molecular formula is C24H18BrN3O8. The molecule has 2 heterocycles. The number of urea groups is 1. The average molecular weight is 556 g/mol. The summed E-state index contributed by atoms with van der Waals surface area (Å²) in [5.41, 5.74) is 0.778. The van der Waals surface area contributed by atoms with Crippen LogP contribution in [0, 0.1) is 10.1 Å². The number of nitrogens with zero attached hydrogens (tertiary/aromatic N) is 2. The minimum Gasteiger partial charge on any atom is -0.488 e. The van der Waals surface area contributed by atoms with E-state index in [1.165, 1.54) is 43.5 Å². The third kappa shape index (κ3) is 5.44. The first-order valence-corrected chi connectivity index (χ1v) is 11.2. The highest BCUT2D eigenvalue weighted by Gasteiger charge is 2.34. The summed E-state index contributed by atoms with van der Waals surface area (Å²) >= 11 is 3.36. The van der Waals surface area contributed by atoms with Crippen LogP contribution in [0.15, 0.2) is 69.2 Å². The number of ether oxygens (including phenoxy) is 2. The minimum atomic E-state index is -0.718. The number of non-ortho nitro benzene ring substituents is 1. The summed E-state index contributed by atoms with van der Waals surface area (Å²) in [5, 5.41) is 13.8. The number of methoxy groups -OCH3 is 1. The monoisotopic (exact) mass is 555 g/mol. The molecular weight excluding hydrogens is 538 g/mol. The second-order valence-corrected chi connectivity index (χ2v) is 8.45. The highest BCUT2D eigenvalue weighted by atomic mass is 79.9. The highest BCUT2D eigenvalue weighted by Crippen LogP contribution is 2.29. The van der Waals surface area contributed by atoms with Crippen LogP contribution >= 0.6 is 15.9 Å². The Morgan fingerprint density at radius 3 is 2.61 bits per heavy atom. The van der Waals surface area contributed by atoms with Gasteiger partial charge in [0.25, 0.3) is 11.6 Å². The Hall–Kier alpha value is -4.45. The van der Waals surface area contributed by atoms with Crippen molar-refractivity contribution < 1.29 is 33.2 Å².